The van der Waals surface area contributed by atoms with Gasteiger partial charge in [-0.1, -0.05) is 62.3 Å². The Labute approximate surface area is 203 Å². The van der Waals surface area contributed by atoms with E-state index in [0.29, 0.717) is 18.1 Å². The van der Waals surface area contributed by atoms with Crippen molar-refractivity contribution in [2.75, 3.05) is 0 Å². The highest BCUT2D eigenvalue weighted by atomic mass is 32.1. The second-order valence-electron chi connectivity index (χ2n) is 9.29. The first kappa shape index (κ1) is 23.7. The lowest BCUT2D eigenvalue weighted by molar-refractivity contribution is -0.137. The van der Waals surface area contributed by atoms with Crippen molar-refractivity contribution < 1.29 is 19.2 Å². The Kier molecular flexibility index (Phi) is 6.84. The van der Waals surface area contributed by atoms with E-state index in [-0.39, 0.29) is 17.8 Å². The van der Waals surface area contributed by atoms with E-state index in [9.17, 15) is 9.90 Å². The van der Waals surface area contributed by atoms with Crippen molar-refractivity contribution in [1.82, 2.24) is 10.1 Å². The third kappa shape index (κ3) is 5.54. The molecule has 1 atom stereocenters. The van der Waals surface area contributed by atoms with Crippen LogP contribution in [0.15, 0.2) is 65.4 Å². The van der Waals surface area contributed by atoms with Gasteiger partial charge in [-0.3, -0.25) is 4.79 Å². The molecule has 0 saturated carbocycles. The first-order chi connectivity index (χ1) is 16.2. The van der Waals surface area contributed by atoms with E-state index in [2.05, 4.69) is 50.2 Å². The fourth-order valence-electron chi connectivity index (χ4n) is 3.71. The van der Waals surface area contributed by atoms with Gasteiger partial charge in [0.05, 0.1) is 22.7 Å². The number of carboxylic acid groups (broad SMARTS) is 1. The lowest BCUT2D eigenvalue weighted by Gasteiger charge is -2.18. The molecule has 176 valence electrons. The Morgan fingerprint density at radius 2 is 1.79 bits per heavy atom. The van der Waals surface area contributed by atoms with Gasteiger partial charge in [0, 0.05) is 17.5 Å². The zero-order chi connectivity index (χ0) is 24.3. The molecule has 4 rings (SSSR count). The average Bonchev–Trinajstić information content (AvgIpc) is 3.46. The van der Waals surface area contributed by atoms with Gasteiger partial charge in [0.1, 0.15) is 23.6 Å². The normalized spacial score (nSPS) is 12.5. The van der Waals surface area contributed by atoms with Crippen LogP contribution in [0.2, 0.25) is 0 Å². The van der Waals surface area contributed by atoms with Crippen LogP contribution >= 0.6 is 11.3 Å². The largest absolute Gasteiger partial charge is 0.488 e. The van der Waals surface area contributed by atoms with Crippen LogP contribution in [-0.2, 0) is 16.8 Å². The number of carboxylic acids is 1. The molecule has 2 heterocycles. The van der Waals surface area contributed by atoms with Gasteiger partial charge in [-0.05, 0) is 35.6 Å². The van der Waals surface area contributed by atoms with Crippen molar-refractivity contribution in [3.05, 3.63) is 88.3 Å². The molecule has 2 aromatic carbocycles. The first-order valence-electron chi connectivity index (χ1n) is 11.1. The van der Waals surface area contributed by atoms with Crippen LogP contribution in [0.3, 0.4) is 0 Å². The molecule has 0 aliphatic heterocycles. The monoisotopic (exact) mass is 476 g/mol. The summed E-state index contributed by atoms with van der Waals surface area (Å²) < 4.78 is 10.9. The van der Waals surface area contributed by atoms with Crippen LogP contribution in [0.25, 0.3) is 10.6 Å². The van der Waals surface area contributed by atoms with E-state index < -0.39 is 5.97 Å². The topological polar surface area (TPSA) is 85.5 Å². The van der Waals surface area contributed by atoms with E-state index in [1.54, 1.807) is 17.4 Å². The second-order valence-corrected chi connectivity index (χ2v) is 10.4. The predicted octanol–water partition coefficient (Wildman–Crippen LogP) is 6.59. The van der Waals surface area contributed by atoms with Gasteiger partial charge in [0.2, 0.25) is 0 Å². The van der Waals surface area contributed by atoms with Crippen molar-refractivity contribution in [1.29, 1.82) is 0 Å². The van der Waals surface area contributed by atoms with Gasteiger partial charge < -0.3 is 14.4 Å². The molecule has 34 heavy (non-hydrogen) atoms. The summed E-state index contributed by atoms with van der Waals surface area (Å²) >= 11 is 1.64. The molecular weight excluding hydrogens is 448 g/mol. The molecule has 0 aliphatic carbocycles. The second kappa shape index (κ2) is 9.81. The quantitative estimate of drug-likeness (QED) is 0.309. The van der Waals surface area contributed by atoms with Gasteiger partial charge >= 0.3 is 5.97 Å². The highest BCUT2D eigenvalue weighted by Gasteiger charge is 2.21. The van der Waals surface area contributed by atoms with Gasteiger partial charge in [0.25, 0.3) is 0 Å². The maximum absolute atomic E-state index is 11.3. The lowest BCUT2D eigenvalue weighted by Crippen LogP contribution is -2.10. The maximum Gasteiger partial charge on any atom is 0.304 e. The molecule has 0 aliphatic rings. The van der Waals surface area contributed by atoms with Crippen molar-refractivity contribution in [2.24, 2.45) is 0 Å². The molecule has 0 amide bonds. The molecule has 2 aromatic heterocycles. The number of hydrogen-bond acceptors (Lipinski definition) is 6. The summed E-state index contributed by atoms with van der Waals surface area (Å²) in [4.78, 5) is 17.1. The van der Waals surface area contributed by atoms with Crippen molar-refractivity contribution in [3.8, 4) is 16.3 Å². The number of thiazole rings is 1. The molecule has 0 saturated heterocycles. The Morgan fingerprint density at radius 1 is 1.09 bits per heavy atom. The third-order valence-corrected chi connectivity index (χ3v) is 6.92. The summed E-state index contributed by atoms with van der Waals surface area (Å²) in [5.41, 5.74) is 4.93. The summed E-state index contributed by atoms with van der Waals surface area (Å²) in [5, 5.41) is 14.2. The average molecular weight is 477 g/mol. The smallest absolute Gasteiger partial charge is 0.304 e. The van der Waals surface area contributed by atoms with Crippen molar-refractivity contribution in [3.63, 3.8) is 0 Å². The maximum atomic E-state index is 11.3. The van der Waals surface area contributed by atoms with E-state index >= 15 is 0 Å². The molecule has 0 spiro atoms. The number of ether oxygens (including phenoxy) is 1. The van der Waals surface area contributed by atoms with Crippen LogP contribution in [0, 0.1) is 6.92 Å². The summed E-state index contributed by atoms with van der Waals surface area (Å²) in [6.07, 6.45) is 1.39. The highest BCUT2D eigenvalue weighted by molar-refractivity contribution is 7.15. The number of aromatic nitrogens is 2. The number of aliphatic carboxylic acids is 1. The highest BCUT2D eigenvalue weighted by Crippen LogP contribution is 2.32. The molecule has 7 heteroatoms. The Morgan fingerprint density at radius 3 is 2.38 bits per heavy atom. The third-order valence-electron chi connectivity index (χ3n) is 5.74. The van der Waals surface area contributed by atoms with Gasteiger partial charge in [-0.15, -0.1) is 11.3 Å². The number of hydrogen-bond donors (Lipinski definition) is 1. The zero-order valence-electron chi connectivity index (χ0n) is 19.7. The lowest BCUT2D eigenvalue weighted by atomic mass is 9.87. The Bertz CT molecular complexity index is 1240. The number of carbonyl (C=O) groups is 1. The Hall–Kier alpha value is -3.45. The van der Waals surface area contributed by atoms with E-state index in [4.69, 9.17) is 14.2 Å². The fourth-order valence-corrected chi connectivity index (χ4v) is 4.69. The molecule has 0 fully saturated rings. The SMILES string of the molecule is Cc1nc(-c2ccc(C(C)(C)C)cc2)sc1COc1ccc([C@H](CC(=O)O)c2ccon2)cc1. The predicted molar refractivity (Wildman–Crippen MR) is 132 cm³/mol. The standard InChI is InChI=1S/C27H28N2O4S/c1-17-24(34-26(28-17)19-5-9-20(10-6-19)27(2,3)4)16-32-21-11-7-18(8-12-21)22(15-25(30)31)23-13-14-33-29-23/h5-14,22H,15-16H2,1-4H3,(H,30,31)/t22-/m0/s1. The Balaban J connectivity index is 1.44. The van der Waals surface area contributed by atoms with E-state index in [1.165, 1.54) is 11.8 Å². The minimum Gasteiger partial charge on any atom is -0.488 e. The van der Waals surface area contributed by atoms with Crippen molar-refractivity contribution in [2.45, 2.75) is 52.1 Å². The molecule has 0 radical (unpaired) electrons. The molecule has 0 bridgehead atoms. The van der Waals surface area contributed by atoms with Crippen LogP contribution in [-0.4, -0.2) is 21.2 Å². The fraction of sp³-hybridized carbons (Fsp3) is 0.296. The van der Waals surface area contributed by atoms with Crippen LogP contribution in [0.4, 0.5) is 0 Å². The van der Waals surface area contributed by atoms with Crippen LogP contribution < -0.4 is 4.74 Å². The minimum absolute atomic E-state index is 0.0632. The summed E-state index contributed by atoms with van der Waals surface area (Å²) in [7, 11) is 0. The number of nitrogens with zero attached hydrogens (tertiary/aromatic N) is 2. The summed E-state index contributed by atoms with van der Waals surface area (Å²) in [6.45, 7) is 9.04. The number of rotatable bonds is 8. The molecule has 6 nitrogen and oxygen atoms in total. The van der Waals surface area contributed by atoms with Crippen LogP contribution in [0.1, 0.15) is 60.5 Å². The minimum atomic E-state index is -0.891. The molecule has 1 N–H and O–H groups in total. The number of aryl methyl sites for hydroxylation is 1. The van der Waals surface area contributed by atoms with Gasteiger partial charge in [-0.25, -0.2) is 4.98 Å². The van der Waals surface area contributed by atoms with Gasteiger partial charge in [-0.2, -0.15) is 0 Å². The van der Waals surface area contributed by atoms with Crippen molar-refractivity contribution >= 4 is 17.3 Å². The molecule has 0 unspecified atom stereocenters. The van der Waals surface area contributed by atoms with E-state index in [0.717, 1.165) is 26.7 Å². The van der Waals surface area contributed by atoms with Gasteiger partial charge in [0.15, 0.2) is 0 Å². The molecule has 4 aromatic rings. The summed E-state index contributed by atoms with van der Waals surface area (Å²) in [5.74, 6) is -0.555. The zero-order valence-corrected chi connectivity index (χ0v) is 20.6. The first-order valence-corrected chi connectivity index (χ1v) is 11.9. The summed E-state index contributed by atoms with van der Waals surface area (Å²) in [6, 6.07) is 17.7. The molecular formula is C27H28N2O4S. The van der Waals surface area contributed by atoms with E-state index in [1.807, 2.05) is 31.2 Å². The van der Waals surface area contributed by atoms with Crippen LogP contribution in [0.5, 0.6) is 5.75 Å². The number of benzene rings is 2.